The number of nitrogens with zero attached hydrogens (tertiary/aromatic N) is 3. The molecule has 2 atom stereocenters. The number of carbonyl (C=O) groups is 1. The lowest BCUT2D eigenvalue weighted by molar-refractivity contribution is -0.131. The molecule has 0 aromatic carbocycles. The number of H-pyrrole nitrogens is 1. The summed E-state index contributed by atoms with van der Waals surface area (Å²) >= 11 is 0. The van der Waals surface area contributed by atoms with Crippen LogP contribution in [0.25, 0.3) is 0 Å². The number of piperidine rings is 1. The second-order valence-electron chi connectivity index (χ2n) is 7.07. The summed E-state index contributed by atoms with van der Waals surface area (Å²) in [5.74, 6) is 0.836. The smallest absolute Gasteiger partial charge is 0.341 e. The van der Waals surface area contributed by atoms with Gasteiger partial charge in [-0.1, -0.05) is 0 Å². The molecule has 4 heterocycles. The van der Waals surface area contributed by atoms with E-state index in [-0.39, 0.29) is 11.6 Å². The summed E-state index contributed by atoms with van der Waals surface area (Å²) < 4.78 is 0. The van der Waals surface area contributed by atoms with Crippen LogP contribution in [0.2, 0.25) is 0 Å². The van der Waals surface area contributed by atoms with Gasteiger partial charge in [0.1, 0.15) is 0 Å². The third kappa shape index (κ3) is 3.47. The molecule has 1 amide bonds. The van der Waals surface area contributed by atoms with E-state index in [4.69, 9.17) is 0 Å². The molecule has 0 saturated carbocycles. The average Bonchev–Trinajstić information content (AvgIpc) is 2.77. The zero-order valence-electron chi connectivity index (χ0n) is 14.3. The van der Waals surface area contributed by atoms with Crippen LogP contribution in [0.3, 0.4) is 0 Å². The van der Waals surface area contributed by atoms with Crippen molar-refractivity contribution in [1.29, 1.82) is 0 Å². The number of rotatable bonds is 3. The van der Waals surface area contributed by atoms with Crippen molar-refractivity contribution in [1.82, 2.24) is 19.8 Å². The lowest BCUT2D eigenvalue weighted by Gasteiger charge is -2.32. The van der Waals surface area contributed by atoms with Crippen LogP contribution in [0.1, 0.15) is 36.2 Å². The Hall–Kier alpha value is -1.69. The second kappa shape index (κ2) is 6.43. The summed E-state index contributed by atoms with van der Waals surface area (Å²) in [6, 6.07) is 0.510. The molecule has 3 aliphatic rings. The fraction of sp³-hybridized carbons (Fsp3) is 0.706. The first-order chi connectivity index (χ1) is 10.9. The Morgan fingerprint density at radius 3 is 2.74 bits per heavy atom. The van der Waals surface area contributed by atoms with Gasteiger partial charge in [-0.3, -0.25) is 4.79 Å². The van der Waals surface area contributed by atoms with E-state index in [1.165, 1.54) is 12.8 Å². The molecule has 6 heteroatoms. The number of aromatic nitrogens is 2. The minimum atomic E-state index is -0.317. The summed E-state index contributed by atoms with van der Waals surface area (Å²) in [4.78, 5) is 35.1. The van der Waals surface area contributed by atoms with Gasteiger partial charge in [0.15, 0.2) is 0 Å². The SMILES string of the molecule is Cc1nc(=O)[nH]c(C)c1CCC(=O)N1C[C@@H]2CC[C@H](C1)N(C)C2. The molecule has 0 unspecified atom stereocenters. The Morgan fingerprint density at radius 1 is 1.26 bits per heavy atom. The zero-order chi connectivity index (χ0) is 16.6. The molecule has 6 nitrogen and oxygen atoms in total. The van der Waals surface area contributed by atoms with Crippen molar-refractivity contribution in [3.05, 3.63) is 27.4 Å². The van der Waals surface area contributed by atoms with Crippen LogP contribution >= 0.6 is 0 Å². The number of hydrogen-bond donors (Lipinski definition) is 1. The molecule has 3 saturated heterocycles. The van der Waals surface area contributed by atoms with Gasteiger partial charge in [-0.15, -0.1) is 0 Å². The molecule has 3 aliphatic heterocycles. The molecule has 0 radical (unpaired) electrons. The maximum absolute atomic E-state index is 12.7. The molecular weight excluding hydrogens is 292 g/mol. The maximum atomic E-state index is 12.7. The highest BCUT2D eigenvalue weighted by Gasteiger charge is 2.34. The van der Waals surface area contributed by atoms with Gasteiger partial charge in [0.25, 0.3) is 0 Å². The Balaban J connectivity index is 1.65. The number of aromatic amines is 1. The fourth-order valence-electron chi connectivity index (χ4n) is 4.03. The Labute approximate surface area is 136 Å². The highest BCUT2D eigenvalue weighted by atomic mass is 16.2. The fourth-order valence-corrected chi connectivity index (χ4v) is 4.03. The number of amides is 1. The van der Waals surface area contributed by atoms with Crippen molar-refractivity contribution in [3.63, 3.8) is 0 Å². The van der Waals surface area contributed by atoms with Gasteiger partial charge in [0.05, 0.1) is 0 Å². The molecule has 1 aromatic heterocycles. The predicted octanol–water partition coefficient (Wildman–Crippen LogP) is 0.872. The normalized spacial score (nSPS) is 24.7. The first kappa shape index (κ1) is 16.2. The predicted molar refractivity (Wildman–Crippen MR) is 88.4 cm³/mol. The van der Waals surface area contributed by atoms with E-state index in [0.717, 1.165) is 36.6 Å². The number of hydrogen-bond acceptors (Lipinski definition) is 4. The number of aryl methyl sites for hydroxylation is 2. The van der Waals surface area contributed by atoms with E-state index in [9.17, 15) is 9.59 Å². The third-order valence-corrected chi connectivity index (χ3v) is 5.38. The minimum Gasteiger partial charge on any atom is -0.341 e. The van der Waals surface area contributed by atoms with Gasteiger partial charge < -0.3 is 14.8 Å². The highest BCUT2D eigenvalue weighted by Crippen LogP contribution is 2.27. The Bertz CT molecular complexity index is 628. The minimum absolute atomic E-state index is 0.224. The van der Waals surface area contributed by atoms with Crippen molar-refractivity contribution >= 4 is 5.91 Å². The van der Waals surface area contributed by atoms with Crippen LogP contribution < -0.4 is 5.69 Å². The molecule has 1 aromatic rings. The van der Waals surface area contributed by atoms with Gasteiger partial charge in [-0.2, -0.15) is 4.98 Å². The van der Waals surface area contributed by atoms with Gasteiger partial charge in [-0.25, -0.2) is 4.79 Å². The van der Waals surface area contributed by atoms with Crippen LogP contribution in [0.4, 0.5) is 0 Å². The van der Waals surface area contributed by atoms with Crippen LogP contribution in [0.15, 0.2) is 4.79 Å². The quantitative estimate of drug-likeness (QED) is 0.898. The Morgan fingerprint density at radius 2 is 2.04 bits per heavy atom. The van der Waals surface area contributed by atoms with Crippen molar-refractivity contribution in [3.8, 4) is 0 Å². The van der Waals surface area contributed by atoms with Crippen LogP contribution in [-0.4, -0.2) is 58.4 Å². The standard InChI is InChI=1S/C17H26N4O2/c1-11-15(12(2)19-17(23)18-11)6-7-16(22)21-9-13-4-5-14(10-21)20(3)8-13/h13-14H,4-10H2,1-3H3,(H,18,19,23)/t13-,14-/m1/s1. The lowest BCUT2D eigenvalue weighted by Crippen LogP contribution is -2.42. The molecule has 0 spiro atoms. The van der Waals surface area contributed by atoms with Gasteiger partial charge in [0, 0.05) is 43.5 Å². The number of fused-ring (bicyclic) bond motifs is 4. The Kier molecular flexibility index (Phi) is 4.53. The number of carbonyl (C=O) groups excluding carboxylic acids is 1. The van der Waals surface area contributed by atoms with Crippen LogP contribution in [-0.2, 0) is 11.2 Å². The van der Waals surface area contributed by atoms with Crippen molar-refractivity contribution < 1.29 is 4.79 Å². The average molecular weight is 318 g/mol. The van der Waals surface area contributed by atoms with E-state index in [2.05, 4.69) is 26.8 Å². The van der Waals surface area contributed by atoms with Gasteiger partial charge in [-0.05, 0) is 51.6 Å². The maximum Gasteiger partial charge on any atom is 0.345 e. The highest BCUT2D eigenvalue weighted by molar-refractivity contribution is 5.76. The van der Waals surface area contributed by atoms with E-state index in [1.807, 2.05) is 13.8 Å². The molecule has 0 aliphatic carbocycles. The molecule has 126 valence electrons. The van der Waals surface area contributed by atoms with E-state index >= 15 is 0 Å². The molecule has 23 heavy (non-hydrogen) atoms. The van der Waals surface area contributed by atoms with Crippen molar-refractivity contribution in [2.45, 2.75) is 45.6 Å². The summed E-state index contributed by atoms with van der Waals surface area (Å²) in [5.41, 5.74) is 2.23. The van der Waals surface area contributed by atoms with Gasteiger partial charge in [0.2, 0.25) is 5.91 Å². The lowest BCUT2D eigenvalue weighted by atomic mass is 9.96. The largest absolute Gasteiger partial charge is 0.345 e. The topological polar surface area (TPSA) is 69.3 Å². The molecular formula is C17H26N4O2. The third-order valence-electron chi connectivity index (χ3n) is 5.38. The number of nitrogens with one attached hydrogen (secondary N) is 1. The van der Waals surface area contributed by atoms with E-state index in [1.54, 1.807) is 0 Å². The molecule has 4 rings (SSSR count). The second-order valence-corrected chi connectivity index (χ2v) is 7.07. The van der Waals surface area contributed by atoms with Crippen molar-refractivity contribution in [2.24, 2.45) is 5.92 Å². The first-order valence-corrected chi connectivity index (χ1v) is 8.48. The summed E-state index contributed by atoms with van der Waals surface area (Å²) in [6.07, 6.45) is 3.56. The van der Waals surface area contributed by atoms with E-state index < -0.39 is 0 Å². The first-order valence-electron chi connectivity index (χ1n) is 8.48. The summed E-state index contributed by atoms with van der Waals surface area (Å²) in [6.45, 7) is 6.56. The molecule has 3 fully saturated rings. The zero-order valence-corrected chi connectivity index (χ0v) is 14.3. The van der Waals surface area contributed by atoms with Gasteiger partial charge >= 0.3 is 5.69 Å². The van der Waals surface area contributed by atoms with Crippen LogP contribution in [0, 0.1) is 19.8 Å². The molecule has 2 bridgehead atoms. The number of likely N-dealkylation sites (N-methyl/N-ethyl adjacent to an activating group) is 1. The van der Waals surface area contributed by atoms with Crippen molar-refractivity contribution in [2.75, 3.05) is 26.7 Å². The summed E-state index contributed by atoms with van der Waals surface area (Å²) in [7, 11) is 2.17. The monoisotopic (exact) mass is 318 g/mol. The summed E-state index contributed by atoms with van der Waals surface area (Å²) in [5, 5.41) is 0. The van der Waals surface area contributed by atoms with Crippen LogP contribution in [0.5, 0.6) is 0 Å². The van der Waals surface area contributed by atoms with E-state index in [0.29, 0.717) is 24.8 Å². The molecule has 1 N–H and O–H groups in total.